The third-order valence-corrected chi connectivity index (χ3v) is 8.07. The summed E-state index contributed by atoms with van der Waals surface area (Å²) in [6.07, 6.45) is 2.13. The fraction of sp³-hybridized carbons (Fsp3) is 0.355. The molecule has 0 aromatic heterocycles. The van der Waals surface area contributed by atoms with Gasteiger partial charge in [0.1, 0.15) is 12.6 Å². The summed E-state index contributed by atoms with van der Waals surface area (Å²) in [6.45, 7) is 7.49. The van der Waals surface area contributed by atoms with Gasteiger partial charge in [-0.3, -0.25) is 13.9 Å². The molecule has 0 aliphatic heterocycles. The number of nitrogens with one attached hydrogen (secondary N) is 1. The maximum absolute atomic E-state index is 14.1. The van der Waals surface area contributed by atoms with Gasteiger partial charge in [-0.1, -0.05) is 73.7 Å². The van der Waals surface area contributed by atoms with Crippen LogP contribution in [-0.2, 0) is 32.6 Å². The molecule has 0 heterocycles. The summed E-state index contributed by atoms with van der Waals surface area (Å²) in [5, 5.41) is 3.04. The van der Waals surface area contributed by atoms with E-state index in [9.17, 15) is 18.0 Å². The first-order valence-corrected chi connectivity index (χ1v) is 15.1. The molecule has 1 N–H and O–H groups in total. The first-order valence-electron chi connectivity index (χ1n) is 13.2. The van der Waals surface area contributed by atoms with Crippen LogP contribution in [0.15, 0.2) is 78.9 Å². The Morgan fingerprint density at radius 3 is 2.00 bits per heavy atom. The van der Waals surface area contributed by atoms with E-state index in [0.717, 1.165) is 39.2 Å². The fourth-order valence-electron chi connectivity index (χ4n) is 4.27. The van der Waals surface area contributed by atoms with Crippen molar-refractivity contribution in [2.24, 2.45) is 0 Å². The molecular weight excluding hydrogens is 510 g/mol. The van der Waals surface area contributed by atoms with Gasteiger partial charge >= 0.3 is 0 Å². The average molecular weight is 550 g/mol. The minimum Gasteiger partial charge on any atom is -0.352 e. The number of benzene rings is 3. The predicted molar refractivity (Wildman–Crippen MR) is 157 cm³/mol. The third-order valence-electron chi connectivity index (χ3n) is 6.93. The maximum atomic E-state index is 14.1. The maximum Gasteiger partial charge on any atom is 0.244 e. The zero-order valence-electron chi connectivity index (χ0n) is 23.4. The van der Waals surface area contributed by atoms with Crippen molar-refractivity contribution in [1.29, 1.82) is 0 Å². The second-order valence-electron chi connectivity index (χ2n) is 10.1. The molecular formula is C31H39N3O4S. The van der Waals surface area contributed by atoms with Gasteiger partial charge in [-0.25, -0.2) is 8.42 Å². The summed E-state index contributed by atoms with van der Waals surface area (Å²) in [5.74, 6) is -0.725. The van der Waals surface area contributed by atoms with Crippen molar-refractivity contribution in [1.82, 2.24) is 10.2 Å². The predicted octanol–water partition coefficient (Wildman–Crippen LogP) is 4.62. The van der Waals surface area contributed by atoms with Crippen LogP contribution in [0.25, 0.3) is 0 Å². The van der Waals surface area contributed by atoms with Crippen LogP contribution in [0.1, 0.15) is 42.5 Å². The first-order chi connectivity index (χ1) is 18.5. The smallest absolute Gasteiger partial charge is 0.244 e. The molecule has 3 aromatic carbocycles. The molecule has 8 heteroatoms. The van der Waals surface area contributed by atoms with E-state index in [0.29, 0.717) is 12.1 Å². The number of sulfonamides is 1. The van der Waals surface area contributed by atoms with Gasteiger partial charge in [0, 0.05) is 19.0 Å². The highest BCUT2D eigenvalue weighted by molar-refractivity contribution is 7.92. The number of anilines is 1. The lowest BCUT2D eigenvalue weighted by Gasteiger charge is -2.34. The lowest BCUT2D eigenvalue weighted by atomic mass is 10.0. The van der Waals surface area contributed by atoms with Crippen molar-refractivity contribution in [3.05, 3.63) is 101 Å². The number of aryl methyl sites for hydroxylation is 2. The zero-order chi connectivity index (χ0) is 28.6. The molecule has 3 rings (SSSR count). The fourth-order valence-corrected chi connectivity index (χ4v) is 5.11. The van der Waals surface area contributed by atoms with Gasteiger partial charge in [0.15, 0.2) is 0 Å². The minimum atomic E-state index is -3.79. The number of nitrogens with zero attached hydrogens (tertiary/aromatic N) is 2. The number of rotatable bonds is 12. The summed E-state index contributed by atoms with van der Waals surface area (Å²) in [6, 6.07) is 23.4. The van der Waals surface area contributed by atoms with E-state index < -0.39 is 28.5 Å². The highest BCUT2D eigenvalue weighted by Gasteiger charge is 2.33. The molecule has 2 atom stereocenters. The number of amides is 2. The van der Waals surface area contributed by atoms with E-state index in [2.05, 4.69) is 5.32 Å². The molecule has 0 unspecified atom stereocenters. The molecule has 0 aliphatic carbocycles. The Labute approximate surface area is 232 Å². The van der Waals surface area contributed by atoms with Gasteiger partial charge in [-0.15, -0.1) is 0 Å². The van der Waals surface area contributed by atoms with Gasteiger partial charge in [-0.2, -0.15) is 0 Å². The minimum absolute atomic E-state index is 0.0764. The van der Waals surface area contributed by atoms with E-state index in [1.807, 2.05) is 94.4 Å². The third kappa shape index (κ3) is 8.42. The van der Waals surface area contributed by atoms with Gasteiger partial charge in [-0.05, 0) is 61.6 Å². The Kier molecular flexibility index (Phi) is 10.3. The molecule has 0 bridgehead atoms. The van der Waals surface area contributed by atoms with Crippen molar-refractivity contribution in [3.63, 3.8) is 0 Å². The van der Waals surface area contributed by atoms with Gasteiger partial charge in [0.2, 0.25) is 21.8 Å². The van der Waals surface area contributed by atoms with E-state index >= 15 is 0 Å². The normalized spacial score (nSPS) is 12.8. The summed E-state index contributed by atoms with van der Waals surface area (Å²) in [5.41, 5.74) is 4.11. The molecule has 0 spiro atoms. The largest absolute Gasteiger partial charge is 0.352 e. The number of carbonyl (C=O) groups excluding carboxylic acids is 2. The highest BCUT2D eigenvalue weighted by Crippen LogP contribution is 2.23. The molecule has 0 aliphatic rings. The Hall–Kier alpha value is -3.65. The second kappa shape index (κ2) is 13.4. The molecule has 0 radical (unpaired) electrons. The monoisotopic (exact) mass is 549 g/mol. The molecule has 2 amide bonds. The van der Waals surface area contributed by atoms with Crippen molar-refractivity contribution in [3.8, 4) is 0 Å². The molecule has 39 heavy (non-hydrogen) atoms. The van der Waals surface area contributed by atoms with Gasteiger partial charge in [0.25, 0.3) is 0 Å². The average Bonchev–Trinajstić information content (AvgIpc) is 2.91. The lowest BCUT2D eigenvalue weighted by molar-refractivity contribution is -0.140. The number of hydrogen-bond donors (Lipinski definition) is 1. The van der Waals surface area contributed by atoms with Gasteiger partial charge < -0.3 is 10.2 Å². The van der Waals surface area contributed by atoms with E-state index in [1.54, 1.807) is 12.1 Å². The number of hydrogen-bond acceptors (Lipinski definition) is 4. The van der Waals surface area contributed by atoms with Crippen LogP contribution >= 0.6 is 0 Å². The highest BCUT2D eigenvalue weighted by atomic mass is 32.2. The Balaban J connectivity index is 2.05. The van der Waals surface area contributed by atoms with Crippen LogP contribution in [0.5, 0.6) is 0 Å². The second-order valence-corrected chi connectivity index (χ2v) is 12.0. The molecule has 7 nitrogen and oxygen atoms in total. The van der Waals surface area contributed by atoms with E-state index in [-0.39, 0.29) is 18.5 Å². The molecule has 0 saturated heterocycles. The van der Waals surface area contributed by atoms with Crippen LogP contribution in [0.2, 0.25) is 0 Å². The Morgan fingerprint density at radius 1 is 0.872 bits per heavy atom. The van der Waals surface area contributed by atoms with Crippen molar-refractivity contribution in [2.45, 2.75) is 59.2 Å². The zero-order valence-corrected chi connectivity index (χ0v) is 24.2. The molecule has 0 saturated carbocycles. The summed E-state index contributed by atoms with van der Waals surface area (Å²) < 4.78 is 26.9. The van der Waals surface area contributed by atoms with Crippen LogP contribution in [-0.4, -0.2) is 50.0 Å². The van der Waals surface area contributed by atoms with Crippen LogP contribution in [0.4, 0.5) is 5.69 Å². The van der Waals surface area contributed by atoms with E-state index in [4.69, 9.17) is 0 Å². The van der Waals surface area contributed by atoms with Crippen molar-refractivity contribution >= 4 is 27.5 Å². The van der Waals surface area contributed by atoms with Crippen LogP contribution in [0, 0.1) is 13.8 Å². The molecule has 3 aromatic rings. The molecule has 0 fully saturated rings. The number of carbonyl (C=O) groups is 2. The van der Waals surface area contributed by atoms with E-state index in [1.165, 1.54) is 4.90 Å². The van der Waals surface area contributed by atoms with Crippen molar-refractivity contribution in [2.75, 3.05) is 17.1 Å². The Bertz CT molecular complexity index is 1360. The topological polar surface area (TPSA) is 86.8 Å². The van der Waals surface area contributed by atoms with Gasteiger partial charge in [0.05, 0.1) is 11.9 Å². The Morgan fingerprint density at radius 2 is 1.46 bits per heavy atom. The van der Waals surface area contributed by atoms with Crippen LogP contribution < -0.4 is 9.62 Å². The standard InChI is InChI=1S/C31H39N3O4S/c1-6-25(4)32-31(36)29(20-26-13-9-7-10-14-26)33(21-27-15-11-8-12-16-27)30(35)22-34(39(5,37)38)28-18-17-23(2)24(3)19-28/h7-19,25,29H,6,20-22H2,1-5H3,(H,32,36)/t25-,29+/m1/s1. The SMILES string of the molecule is CC[C@@H](C)NC(=O)[C@H](Cc1ccccc1)N(Cc1ccccc1)C(=O)CN(c1ccc(C)c(C)c1)S(C)(=O)=O. The summed E-state index contributed by atoms with van der Waals surface area (Å²) in [4.78, 5) is 29.2. The first kappa shape index (κ1) is 29.9. The summed E-state index contributed by atoms with van der Waals surface area (Å²) >= 11 is 0. The van der Waals surface area contributed by atoms with Crippen LogP contribution in [0.3, 0.4) is 0 Å². The van der Waals surface area contributed by atoms with Crippen molar-refractivity contribution < 1.29 is 18.0 Å². The molecule has 208 valence electrons. The lowest BCUT2D eigenvalue weighted by Crippen LogP contribution is -2.54. The summed E-state index contributed by atoms with van der Waals surface area (Å²) in [7, 11) is -3.79. The quantitative estimate of drug-likeness (QED) is 0.357.